The number of nitrogens with two attached hydrogens (primary N) is 1. The van der Waals surface area contributed by atoms with E-state index in [0.29, 0.717) is 5.92 Å². The maximum absolute atomic E-state index is 6.52. The highest BCUT2D eigenvalue weighted by molar-refractivity contribution is 5.46. The van der Waals surface area contributed by atoms with Crippen LogP contribution in [0.15, 0.2) is 18.2 Å². The van der Waals surface area contributed by atoms with Crippen molar-refractivity contribution in [3.05, 3.63) is 29.3 Å². The van der Waals surface area contributed by atoms with Gasteiger partial charge in [-0.15, -0.1) is 0 Å². The van der Waals surface area contributed by atoms with Crippen LogP contribution in [0.3, 0.4) is 0 Å². The number of ether oxygens (including phenoxy) is 1. The van der Waals surface area contributed by atoms with Gasteiger partial charge in [-0.25, -0.2) is 0 Å². The van der Waals surface area contributed by atoms with Crippen molar-refractivity contribution in [1.82, 2.24) is 0 Å². The van der Waals surface area contributed by atoms with E-state index < -0.39 is 0 Å². The first-order valence-corrected chi connectivity index (χ1v) is 7.57. The molecule has 0 radical (unpaired) electrons. The van der Waals surface area contributed by atoms with E-state index >= 15 is 0 Å². The van der Waals surface area contributed by atoms with Gasteiger partial charge in [0.05, 0.1) is 6.61 Å². The van der Waals surface area contributed by atoms with Gasteiger partial charge >= 0.3 is 0 Å². The molecule has 1 aromatic rings. The monoisotopic (exact) mass is 257 g/mol. The van der Waals surface area contributed by atoms with Crippen molar-refractivity contribution in [1.29, 1.82) is 0 Å². The molecule has 2 N–H and O–H groups in total. The third kappa shape index (κ3) is 1.80. The first-order chi connectivity index (χ1) is 9.04. The molecule has 2 heteroatoms. The third-order valence-corrected chi connectivity index (χ3v) is 5.49. The van der Waals surface area contributed by atoms with Crippen LogP contribution in [0.5, 0.6) is 5.75 Å². The highest BCUT2D eigenvalue weighted by Gasteiger charge is 2.47. The molecule has 0 aromatic heterocycles. The van der Waals surface area contributed by atoms with E-state index in [9.17, 15) is 0 Å². The van der Waals surface area contributed by atoms with Crippen molar-refractivity contribution in [2.75, 3.05) is 6.61 Å². The van der Waals surface area contributed by atoms with Gasteiger partial charge in [0.1, 0.15) is 5.75 Å². The quantitative estimate of drug-likeness (QED) is 0.881. The van der Waals surface area contributed by atoms with Gasteiger partial charge in [-0.2, -0.15) is 0 Å². The molecule has 3 aliphatic rings. The number of benzene rings is 1. The fourth-order valence-electron chi connectivity index (χ4n) is 4.07. The molecule has 102 valence electrons. The molecule has 1 aliphatic heterocycles. The van der Waals surface area contributed by atoms with Crippen LogP contribution in [-0.4, -0.2) is 6.61 Å². The summed E-state index contributed by atoms with van der Waals surface area (Å²) in [7, 11) is 0. The van der Waals surface area contributed by atoms with E-state index in [1.807, 2.05) is 0 Å². The molecular formula is C17H23NO. The van der Waals surface area contributed by atoms with Crippen molar-refractivity contribution >= 4 is 0 Å². The molecule has 3 unspecified atom stereocenters. The second kappa shape index (κ2) is 3.76. The fourth-order valence-corrected chi connectivity index (χ4v) is 4.07. The highest BCUT2D eigenvalue weighted by atomic mass is 16.5. The summed E-state index contributed by atoms with van der Waals surface area (Å²) in [5, 5.41) is 0. The van der Waals surface area contributed by atoms with Gasteiger partial charge in [0.2, 0.25) is 0 Å². The zero-order valence-corrected chi connectivity index (χ0v) is 11.9. The van der Waals surface area contributed by atoms with Gasteiger partial charge in [-0.1, -0.05) is 19.9 Å². The Morgan fingerprint density at radius 3 is 2.68 bits per heavy atom. The lowest BCUT2D eigenvalue weighted by Gasteiger charge is -2.23. The molecule has 0 saturated heterocycles. The molecule has 2 nitrogen and oxygen atoms in total. The summed E-state index contributed by atoms with van der Waals surface area (Å²) in [5.41, 5.74) is 9.30. The predicted octanol–water partition coefficient (Wildman–Crippen LogP) is 3.40. The number of hydrogen-bond acceptors (Lipinski definition) is 2. The molecule has 2 saturated carbocycles. The second-order valence-corrected chi connectivity index (χ2v) is 7.44. The average Bonchev–Trinajstić information content (AvgIpc) is 2.88. The zero-order valence-electron chi connectivity index (χ0n) is 11.9. The molecule has 0 spiro atoms. The molecule has 0 bridgehead atoms. The van der Waals surface area contributed by atoms with Crippen LogP contribution in [0.4, 0.5) is 0 Å². The largest absolute Gasteiger partial charge is 0.492 e. The van der Waals surface area contributed by atoms with Gasteiger partial charge in [-0.05, 0) is 54.7 Å². The Labute approximate surface area is 115 Å². The van der Waals surface area contributed by atoms with Crippen LogP contribution in [0.2, 0.25) is 0 Å². The SMILES string of the molecule is CC1(C)COc2ccc(C(N)C3CC4CC4C3)cc21. The van der Waals surface area contributed by atoms with E-state index in [0.717, 1.165) is 24.2 Å². The average molecular weight is 257 g/mol. The summed E-state index contributed by atoms with van der Waals surface area (Å²) in [6.07, 6.45) is 4.17. The van der Waals surface area contributed by atoms with Crippen LogP contribution in [0.25, 0.3) is 0 Å². The van der Waals surface area contributed by atoms with Crippen LogP contribution in [0, 0.1) is 17.8 Å². The lowest BCUT2D eigenvalue weighted by atomic mass is 9.83. The summed E-state index contributed by atoms with van der Waals surface area (Å²) in [5.74, 6) is 3.76. The summed E-state index contributed by atoms with van der Waals surface area (Å²) in [6.45, 7) is 5.28. The maximum Gasteiger partial charge on any atom is 0.123 e. The summed E-state index contributed by atoms with van der Waals surface area (Å²) in [4.78, 5) is 0. The Bertz CT molecular complexity index is 512. The van der Waals surface area contributed by atoms with Gasteiger partial charge in [0.15, 0.2) is 0 Å². The van der Waals surface area contributed by atoms with E-state index in [2.05, 4.69) is 32.0 Å². The second-order valence-electron chi connectivity index (χ2n) is 7.44. The van der Waals surface area contributed by atoms with E-state index in [-0.39, 0.29) is 11.5 Å². The molecule has 3 atom stereocenters. The Balaban J connectivity index is 1.61. The van der Waals surface area contributed by atoms with Crippen molar-refractivity contribution < 1.29 is 4.74 Å². The highest BCUT2D eigenvalue weighted by Crippen LogP contribution is 2.56. The standard InChI is InChI=1S/C17H23NO/c1-17(2)9-19-15-4-3-10(8-14(15)17)16(18)13-6-11-5-12(11)7-13/h3-4,8,11-13,16H,5-7,9,18H2,1-2H3. The maximum atomic E-state index is 6.52. The molecule has 2 fully saturated rings. The van der Waals surface area contributed by atoms with E-state index in [1.165, 1.54) is 30.4 Å². The molecule has 0 amide bonds. The Kier molecular flexibility index (Phi) is 2.33. The normalized spacial score (nSPS) is 35.4. The summed E-state index contributed by atoms with van der Waals surface area (Å²) >= 11 is 0. The van der Waals surface area contributed by atoms with Gasteiger partial charge in [0, 0.05) is 17.0 Å². The molecule has 1 aromatic carbocycles. The van der Waals surface area contributed by atoms with Gasteiger partial charge < -0.3 is 10.5 Å². The van der Waals surface area contributed by atoms with E-state index in [4.69, 9.17) is 10.5 Å². The van der Waals surface area contributed by atoms with Crippen LogP contribution >= 0.6 is 0 Å². The molecule has 19 heavy (non-hydrogen) atoms. The number of hydrogen-bond donors (Lipinski definition) is 1. The molecule has 2 aliphatic carbocycles. The minimum atomic E-state index is 0.128. The first-order valence-electron chi connectivity index (χ1n) is 7.57. The minimum Gasteiger partial charge on any atom is -0.492 e. The summed E-state index contributed by atoms with van der Waals surface area (Å²) < 4.78 is 5.76. The van der Waals surface area contributed by atoms with Crippen molar-refractivity contribution in [2.24, 2.45) is 23.5 Å². The zero-order chi connectivity index (χ0) is 13.2. The Morgan fingerprint density at radius 1 is 1.21 bits per heavy atom. The smallest absolute Gasteiger partial charge is 0.123 e. The third-order valence-electron chi connectivity index (χ3n) is 5.49. The summed E-state index contributed by atoms with van der Waals surface area (Å²) in [6, 6.07) is 6.82. The Morgan fingerprint density at radius 2 is 1.95 bits per heavy atom. The number of rotatable bonds is 2. The molecule has 4 rings (SSSR count). The number of fused-ring (bicyclic) bond motifs is 2. The van der Waals surface area contributed by atoms with Crippen molar-refractivity contribution in [3.63, 3.8) is 0 Å². The van der Waals surface area contributed by atoms with Gasteiger partial charge in [0.25, 0.3) is 0 Å². The lowest BCUT2D eigenvalue weighted by Crippen LogP contribution is -2.22. The van der Waals surface area contributed by atoms with Gasteiger partial charge in [-0.3, -0.25) is 0 Å². The first kappa shape index (κ1) is 11.8. The van der Waals surface area contributed by atoms with Crippen molar-refractivity contribution in [3.8, 4) is 5.75 Å². The van der Waals surface area contributed by atoms with Crippen LogP contribution in [-0.2, 0) is 5.41 Å². The molecule has 1 heterocycles. The minimum absolute atomic E-state index is 0.128. The van der Waals surface area contributed by atoms with Crippen LogP contribution in [0.1, 0.15) is 50.3 Å². The topological polar surface area (TPSA) is 35.2 Å². The molecular weight excluding hydrogens is 234 g/mol. The Hall–Kier alpha value is -1.02. The fraction of sp³-hybridized carbons (Fsp3) is 0.647. The predicted molar refractivity (Wildman–Crippen MR) is 76.2 cm³/mol. The lowest BCUT2D eigenvalue weighted by molar-refractivity contribution is 0.291. The van der Waals surface area contributed by atoms with E-state index in [1.54, 1.807) is 0 Å². The van der Waals surface area contributed by atoms with Crippen LogP contribution < -0.4 is 10.5 Å². The van der Waals surface area contributed by atoms with Crippen molar-refractivity contribution in [2.45, 2.75) is 44.6 Å².